The average Bonchev–Trinajstić information content (AvgIpc) is 2.41. The summed E-state index contributed by atoms with van der Waals surface area (Å²) in [5, 5.41) is 9.70. The van der Waals surface area contributed by atoms with Gasteiger partial charge >= 0.3 is 0 Å². The summed E-state index contributed by atoms with van der Waals surface area (Å²) in [4.78, 5) is 2.42. The quantitative estimate of drug-likeness (QED) is 0.854. The van der Waals surface area contributed by atoms with E-state index >= 15 is 0 Å². The molecular formula is C15H24N2O. The minimum absolute atomic E-state index is 0.119. The van der Waals surface area contributed by atoms with Gasteiger partial charge in [-0.1, -0.05) is 37.3 Å². The Morgan fingerprint density at radius 2 is 2.11 bits per heavy atom. The molecule has 18 heavy (non-hydrogen) atoms. The van der Waals surface area contributed by atoms with Gasteiger partial charge in [-0.3, -0.25) is 0 Å². The van der Waals surface area contributed by atoms with E-state index in [4.69, 9.17) is 5.73 Å². The summed E-state index contributed by atoms with van der Waals surface area (Å²) in [6, 6.07) is 10.4. The van der Waals surface area contributed by atoms with E-state index < -0.39 is 0 Å². The molecule has 1 fully saturated rings. The first-order valence-electron chi connectivity index (χ1n) is 6.88. The molecule has 3 atom stereocenters. The molecule has 1 aliphatic heterocycles. The second kappa shape index (κ2) is 6.32. The number of nitrogens with two attached hydrogens (primary N) is 1. The molecule has 100 valence electrons. The third kappa shape index (κ3) is 3.55. The molecule has 3 heteroatoms. The molecule has 3 unspecified atom stereocenters. The molecule has 0 saturated carbocycles. The summed E-state index contributed by atoms with van der Waals surface area (Å²) in [5.41, 5.74) is 7.41. The van der Waals surface area contributed by atoms with E-state index in [-0.39, 0.29) is 12.1 Å². The van der Waals surface area contributed by atoms with Crippen molar-refractivity contribution in [1.29, 1.82) is 0 Å². The minimum Gasteiger partial charge on any atom is -0.393 e. The Labute approximate surface area is 110 Å². The Hall–Kier alpha value is -0.900. The number of rotatable bonds is 4. The van der Waals surface area contributed by atoms with E-state index in [1.54, 1.807) is 0 Å². The van der Waals surface area contributed by atoms with Crippen molar-refractivity contribution in [2.24, 2.45) is 11.7 Å². The number of hydrogen-bond acceptors (Lipinski definition) is 3. The van der Waals surface area contributed by atoms with Gasteiger partial charge in [0.1, 0.15) is 0 Å². The fourth-order valence-corrected chi connectivity index (χ4v) is 2.61. The van der Waals surface area contributed by atoms with Crippen molar-refractivity contribution in [2.75, 3.05) is 19.6 Å². The van der Waals surface area contributed by atoms with Crippen LogP contribution in [0.25, 0.3) is 0 Å². The van der Waals surface area contributed by atoms with Crippen LogP contribution in [0.1, 0.15) is 31.4 Å². The summed E-state index contributed by atoms with van der Waals surface area (Å²) < 4.78 is 0. The van der Waals surface area contributed by atoms with Gasteiger partial charge in [0.05, 0.1) is 6.10 Å². The highest BCUT2D eigenvalue weighted by atomic mass is 16.3. The first-order chi connectivity index (χ1) is 8.66. The highest BCUT2D eigenvalue weighted by molar-refractivity contribution is 5.18. The first kappa shape index (κ1) is 13.5. The number of benzene rings is 1. The lowest BCUT2D eigenvalue weighted by atomic mass is 9.96. The molecule has 0 amide bonds. The third-order valence-corrected chi connectivity index (χ3v) is 3.93. The van der Waals surface area contributed by atoms with Crippen LogP contribution >= 0.6 is 0 Å². The second-order valence-electron chi connectivity index (χ2n) is 5.44. The predicted octanol–water partition coefficient (Wildman–Crippen LogP) is 1.78. The Kier molecular flexibility index (Phi) is 4.75. The van der Waals surface area contributed by atoms with Gasteiger partial charge in [-0.15, -0.1) is 0 Å². The lowest BCUT2D eigenvalue weighted by Crippen LogP contribution is -2.42. The van der Waals surface area contributed by atoms with Crippen molar-refractivity contribution in [3.63, 3.8) is 0 Å². The topological polar surface area (TPSA) is 49.5 Å². The molecule has 1 aromatic carbocycles. The van der Waals surface area contributed by atoms with Crippen LogP contribution in [0.15, 0.2) is 30.3 Å². The highest BCUT2D eigenvalue weighted by Gasteiger charge is 2.24. The molecule has 0 spiro atoms. The van der Waals surface area contributed by atoms with Gasteiger partial charge in [0.25, 0.3) is 0 Å². The molecular weight excluding hydrogens is 224 g/mol. The number of aliphatic hydroxyl groups is 1. The van der Waals surface area contributed by atoms with Crippen molar-refractivity contribution >= 4 is 0 Å². The third-order valence-electron chi connectivity index (χ3n) is 3.93. The van der Waals surface area contributed by atoms with Gasteiger partial charge in [0.2, 0.25) is 0 Å². The van der Waals surface area contributed by atoms with Crippen LogP contribution in [-0.2, 0) is 0 Å². The zero-order chi connectivity index (χ0) is 13.0. The molecule has 1 aromatic rings. The van der Waals surface area contributed by atoms with Crippen molar-refractivity contribution < 1.29 is 5.11 Å². The van der Waals surface area contributed by atoms with Gasteiger partial charge in [-0.25, -0.2) is 0 Å². The fraction of sp³-hybridized carbons (Fsp3) is 0.600. The largest absolute Gasteiger partial charge is 0.393 e. The highest BCUT2D eigenvalue weighted by Crippen LogP contribution is 2.19. The normalized spacial score (nSPS) is 27.1. The predicted molar refractivity (Wildman–Crippen MR) is 74.2 cm³/mol. The Bertz CT molecular complexity index is 355. The number of piperidine rings is 1. The van der Waals surface area contributed by atoms with E-state index in [1.165, 1.54) is 5.56 Å². The SMILES string of the molecule is CC1CN(CCC(N)c2ccccc2)CCC1O. The lowest BCUT2D eigenvalue weighted by Gasteiger charge is -2.34. The summed E-state index contributed by atoms with van der Waals surface area (Å²) in [5.74, 6) is 0.381. The zero-order valence-corrected chi connectivity index (χ0v) is 11.1. The smallest absolute Gasteiger partial charge is 0.0590 e. The number of aliphatic hydroxyl groups excluding tert-OH is 1. The zero-order valence-electron chi connectivity index (χ0n) is 11.1. The lowest BCUT2D eigenvalue weighted by molar-refractivity contribution is 0.0341. The monoisotopic (exact) mass is 248 g/mol. The molecule has 3 N–H and O–H groups in total. The van der Waals surface area contributed by atoms with Gasteiger partial charge in [-0.2, -0.15) is 0 Å². The summed E-state index contributed by atoms with van der Waals surface area (Å²) in [7, 11) is 0. The van der Waals surface area contributed by atoms with Gasteiger partial charge in [0, 0.05) is 19.1 Å². The van der Waals surface area contributed by atoms with Crippen LogP contribution in [0.5, 0.6) is 0 Å². The van der Waals surface area contributed by atoms with Crippen molar-refractivity contribution in [2.45, 2.75) is 31.9 Å². The molecule has 2 rings (SSSR count). The first-order valence-corrected chi connectivity index (χ1v) is 6.88. The summed E-state index contributed by atoms with van der Waals surface area (Å²) >= 11 is 0. The number of nitrogens with zero attached hydrogens (tertiary/aromatic N) is 1. The molecule has 1 aliphatic rings. The molecule has 1 saturated heterocycles. The van der Waals surface area contributed by atoms with Crippen LogP contribution in [-0.4, -0.2) is 35.7 Å². The maximum atomic E-state index is 9.70. The molecule has 1 heterocycles. The van der Waals surface area contributed by atoms with Crippen molar-refractivity contribution in [3.8, 4) is 0 Å². The molecule has 0 radical (unpaired) electrons. The van der Waals surface area contributed by atoms with E-state index in [1.807, 2.05) is 18.2 Å². The van der Waals surface area contributed by atoms with E-state index in [2.05, 4.69) is 24.0 Å². The van der Waals surface area contributed by atoms with Gasteiger partial charge in [-0.05, 0) is 30.9 Å². The van der Waals surface area contributed by atoms with Crippen LogP contribution in [0.3, 0.4) is 0 Å². The summed E-state index contributed by atoms with van der Waals surface area (Å²) in [6.45, 7) is 5.12. The van der Waals surface area contributed by atoms with Crippen molar-refractivity contribution in [3.05, 3.63) is 35.9 Å². The van der Waals surface area contributed by atoms with E-state index in [0.717, 1.165) is 32.5 Å². The molecule has 0 aromatic heterocycles. The van der Waals surface area contributed by atoms with Crippen LogP contribution in [0.4, 0.5) is 0 Å². The Morgan fingerprint density at radius 1 is 1.39 bits per heavy atom. The number of hydrogen-bond donors (Lipinski definition) is 2. The van der Waals surface area contributed by atoms with Crippen LogP contribution in [0, 0.1) is 5.92 Å². The molecule has 0 aliphatic carbocycles. The maximum absolute atomic E-state index is 9.70. The second-order valence-corrected chi connectivity index (χ2v) is 5.44. The van der Waals surface area contributed by atoms with Gasteiger partial charge < -0.3 is 15.7 Å². The van der Waals surface area contributed by atoms with Crippen LogP contribution < -0.4 is 5.73 Å². The molecule has 3 nitrogen and oxygen atoms in total. The van der Waals surface area contributed by atoms with E-state index in [0.29, 0.717) is 5.92 Å². The average molecular weight is 248 g/mol. The van der Waals surface area contributed by atoms with Crippen LogP contribution in [0.2, 0.25) is 0 Å². The number of likely N-dealkylation sites (tertiary alicyclic amines) is 1. The van der Waals surface area contributed by atoms with E-state index in [9.17, 15) is 5.11 Å². The van der Waals surface area contributed by atoms with Crippen molar-refractivity contribution in [1.82, 2.24) is 4.90 Å². The summed E-state index contributed by atoms with van der Waals surface area (Å²) in [6.07, 6.45) is 1.75. The minimum atomic E-state index is -0.121. The Balaban J connectivity index is 1.78. The maximum Gasteiger partial charge on any atom is 0.0590 e. The standard InChI is InChI=1S/C15H24N2O/c1-12-11-17(10-8-15(12)18)9-7-14(16)13-5-3-2-4-6-13/h2-6,12,14-15,18H,7-11,16H2,1H3. The Morgan fingerprint density at radius 3 is 2.78 bits per heavy atom. The molecule has 0 bridgehead atoms. The fourth-order valence-electron chi connectivity index (χ4n) is 2.61. The van der Waals surface area contributed by atoms with Gasteiger partial charge in [0.15, 0.2) is 0 Å².